The van der Waals surface area contributed by atoms with E-state index in [1.54, 1.807) is 14.2 Å². The molecule has 140 valence electrons. The Labute approximate surface area is 155 Å². The molecule has 5 heteroatoms. The lowest BCUT2D eigenvalue weighted by Gasteiger charge is -2.24. The third-order valence-electron chi connectivity index (χ3n) is 4.55. The molecule has 26 heavy (non-hydrogen) atoms. The Morgan fingerprint density at radius 1 is 1.04 bits per heavy atom. The molecule has 1 N–H and O–H groups in total. The van der Waals surface area contributed by atoms with Crippen molar-refractivity contribution in [3.05, 3.63) is 53.6 Å². The largest absolute Gasteiger partial charge is 0.493 e. The highest BCUT2D eigenvalue weighted by molar-refractivity contribution is 5.94. The van der Waals surface area contributed by atoms with E-state index in [0.717, 1.165) is 17.7 Å². The minimum atomic E-state index is -0.269. The summed E-state index contributed by atoms with van der Waals surface area (Å²) in [6, 6.07) is 13.5. The number of likely N-dealkylation sites (N-methyl/N-ethyl adjacent to an activating group) is 1. The summed E-state index contributed by atoms with van der Waals surface area (Å²) >= 11 is 0. The number of hydrogen-bond donors (Lipinski definition) is 1. The Hall–Kier alpha value is -2.53. The highest BCUT2D eigenvalue weighted by Gasteiger charge is 2.19. The van der Waals surface area contributed by atoms with E-state index in [9.17, 15) is 4.79 Å². The summed E-state index contributed by atoms with van der Waals surface area (Å²) in [7, 11) is 5.16. The van der Waals surface area contributed by atoms with Gasteiger partial charge in [0.15, 0.2) is 11.5 Å². The van der Waals surface area contributed by atoms with Gasteiger partial charge >= 0.3 is 0 Å². The van der Waals surface area contributed by atoms with Gasteiger partial charge in [0.1, 0.15) is 0 Å². The number of aryl methyl sites for hydroxylation is 1. The molecule has 0 saturated carbocycles. The molecule has 0 aromatic heterocycles. The van der Waals surface area contributed by atoms with Crippen LogP contribution in [0.1, 0.15) is 25.0 Å². The van der Waals surface area contributed by atoms with E-state index in [1.807, 2.05) is 61.3 Å². The summed E-state index contributed by atoms with van der Waals surface area (Å²) in [5, 5.41) is 2.98. The van der Waals surface area contributed by atoms with Crippen molar-refractivity contribution >= 4 is 11.6 Å². The third-order valence-corrected chi connectivity index (χ3v) is 4.55. The van der Waals surface area contributed by atoms with Crippen LogP contribution in [0.25, 0.3) is 0 Å². The van der Waals surface area contributed by atoms with E-state index in [-0.39, 0.29) is 11.9 Å². The molecular formula is C21H28N2O3. The van der Waals surface area contributed by atoms with E-state index in [1.165, 1.54) is 5.56 Å². The summed E-state index contributed by atoms with van der Waals surface area (Å²) in [6.07, 6.45) is 0.985. The van der Waals surface area contributed by atoms with E-state index in [0.29, 0.717) is 18.0 Å². The van der Waals surface area contributed by atoms with Crippen molar-refractivity contribution in [2.24, 2.45) is 0 Å². The van der Waals surface area contributed by atoms with Gasteiger partial charge in [-0.2, -0.15) is 0 Å². The second-order valence-corrected chi connectivity index (χ2v) is 6.32. The Morgan fingerprint density at radius 2 is 1.65 bits per heavy atom. The molecule has 0 spiro atoms. The van der Waals surface area contributed by atoms with Gasteiger partial charge < -0.3 is 14.8 Å². The molecule has 0 heterocycles. The Balaban J connectivity index is 1.99. The Morgan fingerprint density at radius 3 is 2.23 bits per heavy atom. The molecule has 0 radical (unpaired) electrons. The van der Waals surface area contributed by atoms with Crippen molar-refractivity contribution in [2.75, 3.05) is 26.6 Å². The van der Waals surface area contributed by atoms with Crippen molar-refractivity contribution in [1.29, 1.82) is 0 Å². The first-order valence-electron chi connectivity index (χ1n) is 8.79. The van der Waals surface area contributed by atoms with Gasteiger partial charge in [-0.15, -0.1) is 0 Å². The Kier molecular flexibility index (Phi) is 7.04. The number of amides is 1. The molecule has 2 aromatic rings. The van der Waals surface area contributed by atoms with Crippen LogP contribution in [-0.2, 0) is 17.8 Å². The zero-order valence-corrected chi connectivity index (χ0v) is 16.2. The van der Waals surface area contributed by atoms with Gasteiger partial charge in [-0.1, -0.05) is 25.1 Å². The van der Waals surface area contributed by atoms with Gasteiger partial charge in [0.2, 0.25) is 5.91 Å². The quantitative estimate of drug-likeness (QED) is 0.783. The predicted octanol–water partition coefficient (Wildman–Crippen LogP) is 3.73. The second-order valence-electron chi connectivity index (χ2n) is 6.32. The fourth-order valence-electron chi connectivity index (χ4n) is 2.67. The zero-order chi connectivity index (χ0) is 19.1. The number of hydrogen-bond acceptors (Lipinski definition) is 4. The van der Waals surface area contributed by atoms with Crippen LogP contribution in [-0.4, -0.2) is 38.1 Å². The summed E-state index contributed by atoms with van der Waals surface area (Å²) in [5.74, 6) is 1.35. The van der Waals surface area contributed by atoms with Gasteiger partial charge in [0, 0.05) is 12.2 Å². The molecule has 5 nitrogen and oxygen atoms in total. The molecule has 0 aliphatic carbocycles. The normalized spacial score (nSPS) is 11.9. The van der Waals surface area contributed by atoms with Crippen molar-refractivity contribution in [3.8, 4) is 11.5 Å². The van der Waals surface area contributed by atoms with E-state index < -0.39 is 0 Å². The lowest BCUT2D eigenvalue weighted by atomic mass is 10.1. The molecule has 0 unspecified atom stereocenters. The summed E-state index contributed by atoms with van der Waals surface area (Å²) in [5.41, 5.74) is 3.12. The number of nitrogens with one attached hydrogen (secondary N) is 1. The molecule has 0 aliphatic rings. The summed E-state index contributed by atoms with van der Waals surface area (Å²) in [4.78, 5) is 14.5. The van der Waals surface area contributed by atoms with Crippen LogP contribution in [0.4, 0.5) is 5.69 Å². The Bertz CT molecular complexity index is 729. The maximum Gasteiger partial charge on any atom is 0.241 e. The van der Waals surface area contributed by atoms with Crippen LogP contribution in [0.2, 0.25) is 0 Å². The maximum atomic E-state index is 12.5. The molecule has 0 fully saturated rings. The predicted molar refractivity (Wildman–Crippen MR) is 105 cm³/mol. The molecule has 0 aliphatic heterocycles. The van der Waals surface area contributed by atoms with Crippen LogP contribution in [0.15, 0.2) is 42.5 Å². The molecular weight excluding hydrogens is 328 g/mol. The first kappa shape index (κ1) is 19.8. The number of carbonyl (C=O) groups excluding carboxylic acids is 1. The highest BCUT2D eigenvalue weighted by atomic mass is 16.5. The molecule has 2 rings (SSSR count). The van der Waals surface area contributed by atoms with Gasteiger partial charge in [-0.3, -0.25) is 9.69 Å². The minimum Gasteiger partial charge on any atom is -0.493 e. The van der Waals surface area contributed by atoms with Gasteiger partial charge in [-0.05, 0) is 55.8 Å². The monoisotopic (exact) mass is 356 g/mol. The number of methoxy groups -OCH3 is 2. The smallest absolute Gasteiger partial charge is 0.241 e. The van der Waals surface area contributed by atoms with Crippen LogP contribution in [0.3, 0.4) is 0 Å². The number of rotatable bonds is 8. The first-order chi connectivity index (χ1) is 12.5. The lowest BCUT2D eigenvalue weighted by molar-refractivity contribution is -0.120. The topological polar surface area (TPSA) is 50.8 Å². The number of carbonyl (C=O) groups is 1. The van der Waals surface area contributed by atoms with Gasteiger partial charge in [0.25, 0.3) is 0 Å². The SMILES string of the molecule is CCc1ccc(NC(=O)[C@H](C)N(C)Cc2ccc(OC)c(OC)c2)cc1. The van der Waals surface area contributed by atoms with Crippen LogP contribution in [0.5, 0.6) is 11.5 Å². The van der Waals surface area contributed by atoms with E-state index in [2.05, 4.69) is 12.2 Å². The molecule has 1 amide bonds. The van der Waals surface area contributed by atoms with Crippen LogP contribution >= 0.6 is 0 Å². The fraction of sp³-hybridized carbons (Fsp3) is 0.381. The minimum absolute atomic E-state index is 0.0303. The first-order valence-corrected chi connectivity index (χ1v) is 8.79. The standard InChI is InChI=1S/C21H28N2O3/c1-6-16-7-10-18(11-8-16)22-21(24)15(2)23(3)14-17-9-12-19(25-4)20(13-17)26-5/h7-13,15H,6,14H2,1-5H3,(H,22,24)/t15-/m0/s1. The molecule has 2 aromatic carbocycles. The maximum absolute atomic E-state index is 12.5. The number of nitrogens with zero attached hydrogens (tertiary/aromatic N) is 1. The van der Waals surface area contributed by atoms with E-state index in [4.69, 9.17) is 9.47 Å². The van der Waals surface area contributed by atoms with Crippen LogP contribution < -0.4 is 14.8 Å². The van der Waals surface area contributed by atoms with Crippen molar-refractivity contribution < 1.29 is 14.3 Å². The van der Waals surface area contributed by atoms with Gasteiger partial charge in [0.05, 0.1) is 20.3 Å². The third kappa shape index (κ3) is 4.99. The van der Waals surface area contributed by atoms with Crippen molar-refractivity contribution in [2.45, 2.75) is 32.9 Å². The van der Waals surface area contributed by atoms with Crippen molar-refractivity contribution in [3.63, 3.8) is 0 Å². The molecule has 0 saturated heterocycles. The molecule has 0 bridgehead atoms. The zero-order valence-electron chi connectivity index (χ0n) is 16.2. The van der Waals surface area contributed by atoms with E-state index >= 15 is 0 Å². The highest BCUT2D eigenvalue weighted by Crippen LogP contribution is 2.28. The van der Waals surface area contributed by atoms with Gasteiger partial charge in [-0.25, -0.2) is 0 Å². The summed E-state index contributed by atoms with van der Waals surface area (Å²) in [6.45, 7) is 4.64. The number of benzene rings is 2. The number of anilines is 1. The average Bonchev–Trinajstić information content (AvgIpc) is 2.67. The lowest BCUT2D eigenvalue weighted by Crippen LogP contribution is -2.39. The second kappa shape index (κ2) is 9.25. The average molecular weight is 356 g/mol. The summed E-state index contributed by atoms with van der Waals surface area (Å²) < 4.78 is 10.6. The number of ether oxygens (including phenoxy) is 2. The van der Waals surface area contributed by atoms with Crippen LogP contribution in [0, 0.1) is 0 Å². The molecule has 1 atom stereocenters. The fourth-order valence-corrected chi connectivity index (χ4v) is 2.67. The van der Waals surface area contributed by atoms with Crippen molar-refractivity contribution in [1.82, 2.24) is 4.90 Å².